The zero-order valence-corrected chi connectivity index (χ0v) is 16.6. The highest BCUT2D eigenvalue weighted by atomic mass is 79.9. The summed E-state index contributed by atoms with van der Waals surface area (Å²) in [7, 11) is 1.52. The van der Waals surface area contributed by atoms with Crippen molar-refractivity contribution in [3.63, 3.8) is 0 Å². The van der Waals surface area contributed by atoms with Gasteiger partial charge in [-0.05, 0) is 45.8 Å². The van der Waals surface area contributed by atoms with E-state index < -0.39 is 23.4 Å². The monoisotopic (exact) mass is 459 g/mol. The maximum Gasteiger partial charge on any atom is 0.349 e. The lowest BCUT2D eigenvalue weighted by Gasteiger charge is -2.08. The smallest absolute Gasteiger partial charge is 0.349 e. The second-order valence-electron chi connectivity index (χ2n) is 5.49. The zero-order valence-electron chi connectivity index (χ0n) is 15.0. The molecule has 0 unspecified atom stereocenters. The van der Waals surface area contributed by atoms with Crippen LogP contribution in [-0.2, 0) is 14.3 Å². The number of nitro benzene ring substituents is 1. The first-order chi connectivity index (χ1) is 13.8. The summed E-state index contributed by atoms with van der Waals surface area (Å²) in [6.45, 7) is -0.635. The van der Waals surface area contributed by atoms with Gasteiger partial charge in [0, 0.05) is 16.6 Å². The minimum Gasteiger partial charge on any atom is -0.497 e. The van der Waals surface area contributed by atoms with Gasteiger partial charge in [-0.1, -0.05) is 12.1 Å². The number of nitrogens with one attached hydrogen (secondary N) is 1. The van der Waals surface area contributed by atoms with E-state index in [0.717, 1.165) is 0 Å². The van der Waals surface area contributed by atoms with Gasteiger partial charge in [0.2, 0.25) is 0 Å². The number of halogens is 1. The largest absolute Gasteiger partial charge is 0.497 e. The molecule has 29 heavy (non-hydrogen) atoms. The Labute approximate surface area is 173 Å². The van der Waals surface area contributed by atoms with Crippen molar-refractivity contribution in [2.45, 2.75) is 0 Å². The molecule has 0 aliphatic heterocycles. The molecular formula is C19H14BrN3O6. The molecule has 0 heterocycles. The first kappa shape index (κ1) is 21.6. The second kappa shape index (κ2) is 10.0. The van der Waals surface area contributed by atoms with Crippen LogP contribution in [0.1, 0.15) is 5.56 Å². The van der Waals surface area contributed by atoms with Crippen LogP contribution in [-0.4, -0.2) is 30.5 Å². The molecular weight excluding hydrogens is 446 g/mol. The van der Waals surface area contributed by atoms with Crippen LogP contribution in [0.25, 0.3) is 6.08 Å². The highest BCUT2D eigenvalue weighted by Gasteiger charge is 2.15. The summed E-state index contributed by atoms with van der Waals surface area (Å²) in [5.74, 6) is -1.01. The second-order valence-corrected chi connectivity index (χ2v) is 6.34. The van der Waals surface area contributed by atoms with Crippen molar-refractivity contribution >= 4 is 45.3 Å². The molecule has 10 heteroatoms. The molecule has 9 nitrogen and oxygen atoms in total. The SMILES string of the molecule is COc1ccc(/C=C(\C#N)C(=O)OCC(=O)Nc2ccc([N+](=O)[O-])cc2Br)cc1. The lowest BCUT2D eigenvalue weighted by molar-refractivity contribution is -0.384. The van der Waals surface area contributed by atoms with Crippen LogP contribution in [0.5, 0.6) is 5.75 Å². The highest BCUT2D eigenvalue weighted by molar-refractivity contribution is 9.10. The third-order valence-electron chi connectivity index (χ3n) is 3.54. The predicted molar refractivity (Wildman–Crippen MR) is 107 cm³/mol. The summed E-state index contributed by atoms with van der Waals surface area (Å²) in [5, 5.41) is 22.3. The van der Waals surface area contributed by atoms with E-state index in [1.54, 1.807) is 30.3 Å². The molecule has 1 N–H and O–H groups in total. The van der Waals surface area contributed by atoms with Gasteiger partial charge in [0.1, 0.15) is 17.4 Å². The van der Waals surface area contributed by atoms with Gasteiger partial charge in [-0.15, -0.1) is 0 Å². The number of hydrogen-bond acceptors (Lipinski definition) is 7. The summed E-state index contributed by atoms with van der Waals surface area (Å²) in [5.41, 5.74) is 0.424. The fourth-order valence-corrected chi connectivity index (χ4v) is 2.58. The molecule has 0 fully saturated rings. The number of nitrogens with zero attached hydrogens (tertiary/aromatic N) is 2. The molecule has 0 atom stereocenters. The van der Waals surface area contributed by atoms with Crippen molar-refractivity contribution in [3.8, 4) is 11.8 Å². The number of benzene rings is 2. The van der Waals surface area contributed by atoms with Crippen LogP contribution in [0.4, 0.5) is 11.4 Å². The van der Waals surface area contributed by atoms with Gasteiger partial charge in [0.25, 0.3) is 11.6 Å². The Bertz CT molecular complexity index is 1010. The molecule has 2 rings (SSSR count). The number of hydrogen-bond donors (Lipinski definition) is 1. The van der Waals surface area contributed by atoms with Crippen molar-refractivity contribution in [3.05, 3.63) is 68.2 Å². The number of amides is 1. The molecule has 2 aromatic rings. The molecule has 0 spiro atoms. The van der Waals surface area contributed by atoms with Crippen molar-refractivity contribution < 1.29 is 24.0 Å². The minimum atomic E-state index is -0.957. The molecule has 0 aliphatic rings. The van der Waals surface area contributed by atoms with Gasteiger partial charge in [-0.25, -0.2) is 4.79 Å². The standard InChI is InChI=1S/C19H14BrN3O6/c1-28-15-5-2-12(3-6-15)8-13(10-21)19(25)29-11-18(24)22-17-7-4-14(23(26)27)9-16(17)20/h2-9H,11H2,1H3,(H,22,24)/b13-8+. The normalized spacial score (nSPS) is 10.6. The molecule has 148 valence electrons. The molecule has 0 saturated heterocycles. The number of ether oxygens (including phenoxy) is 2. The Balaban J connectivity index is 1.97. The number of non-ortho nitro benzene ring substituents is 1. The predicted octanol–water partition coefficient (Wildman–Crippen LogP) is 3.45. The van der Waals surface area contributed by atoms with E-state index in [0.29, 0.717) is 15.8 Å². The van der Waals surface area contributed by atoms with E-state index in [9.17, 15) is 19.7 Å². The Morgan fingerprint density at radius 3 is 2.52 bits per heavy atom. The van der Waals surface area contributed by atoms with Gasteiger partial charge in [-0.2, -0.15) is 5.26 Å². The zero-order chi connectivity index (χ0) is 21.4. The number of esters is 1. The Kier molecular flexibility index (Phi) is 7.45. The summed E-state index contributed by atoms with van der Waals surface area (Å²) in [4.78, 5) is 34.2. The maximum absolute atomic E-state index is 12.0. The average Bonchev–Trinajstić information content (AvgIpc) is 2.72. The van der Waals surface area contributed by atoms with Crippen LogP contribution in [0.3, 0.4) is 0 Å². The van der Waals surface area contributed by atoms with E-state index >= 15 is 0 Å². The topological polar surface area (TPSA) is 132 Å². The molecule has 0 aromatic heterocycles. The van der Waals surface area contributed by atoms with E-state index in [-0.39, 0.29) is 16.9 Å². The van der Waals surface area contributed by atoms with Crippen molar-refractivity contribution in [1.82, 2.24) is 0 Å². The molecule has 1 amide bonds. The molecule has 0 saturated carbocycles. The van der Waals surface area contributed by atoms with Crippen LogP contribution in [0.15, 0.2) is 52.5 Å². The maximum atomic E-state index is 12.0. The van der Waals surface area contributed by atoms with E-state index in [1.807, 2.05) is 0 Å². The first-order valence-electron chi connectivity index (χ1n) is 8.01. The summed E-state index contributed by atoms with van der Waals surface area (Å²) in [6.07, 6.45) is 1.33. The highest BCUT2D eigenvalue weighted by Crippen LogP contribution is 2.27. The molecule has 0 radical (unpaired) electrons. The number of nitriles is 1. The Hall–Kier alpha value is -3.71. The Morgan fingerprint density at radius 1 is 1.28 bits per heavy atom. The quantitative estimate of drug-likeness (QED) is 0.220. The van der Waals surface area contributed by atoms with Gasteiger partial charge in [0.15, 0.2) is 6.61 Å². The fourth-order valence-electron chi connectivity index (χ4n) is 2.12. The van der Waals surface area contributed by atoms with E-state index in [1.165, 1.54) is 31.4 Å². The van der Waals surface area contributed by atoms with Crippen LogP contribution in [0, 0.1) is 21.4 Å². The summed E-state index contributed by atoms with van der Waals surface area (Å²) < 4.78 is 10.2. The molecule has 0 aliphatic carbocycles. The van der Waals surface area contributed by atoms with Crippen LogP contribution < -0.4 is 10.1 Å². The fraction of sp³-hybridized carbons (Fsp3) is 0.105. The molecule has 0 bridgehead atoms. The average molecular weight is 460 g/mol. The van der Waals surface area contributed by atoms with Gasteiger partial charge in [-0.3, -0.25) is 14.9 Å². The van der Waals surface area contributed by atoms with E-state index in [2.05, 4.69) is 21.2 Å². The number of methoxy groups -OCH3 is 1. The van der Waals surface area contributed by atoms with Crippen LogP contribution in [0.2, 0.25) is 0 Å². The number of carbonyl (C=O) groups excluding carboxylic acids is 2. The van der Waals surface area contributed by atoms with Crippen molar-refractivity contribution in [2.24, 2.45) is 0 Å². The number of nitro groups is 1. The number of carbonyl (C=O) groups is 2. The van der Waals surface area contributed by atoms with Crippen LogP contribution >= 0.6 is 15.9 Å². The molecule has 2 aromatic carbocycles. The number of anilines is 1. The van der Waals surface area contributed by atoms with Crippen molar-refractivity contribution in [1.29, 1.82) is 5.26 Å². The minimum absolute atomic E-state index is 0.149. The lowest BCUT2D eigenvalue weighted by Crippen LogP contribution is -2.21. The lowest BCUT2D eigenvalue weighted by atomic mass is 10.1. The van der Waals surface area contributed by atoms with Gasteiger partial charge in [0.05, 0.1) is 17.7 Å². The summed E-state index contributed by atoms with van der Waals surface area (Å²) >= 11 is 3.12. The third-order valence-corrected chi connectivity index (χ3v) is 4.20. The van der Waals surface area contributed by atoms with Gasteiger partial charge < -0.3 is 14.8 Å². The van der Waals surface area contributed by atoms with E-state index in [4.69, 9.17) is 14.7 Å². The summed E-state index contributed by atoms with van der Waals surface area (Å²) in [6, 6.07) is 12.2. The Morgan fingerprint density at radius 2 is 1.97 bits per heavy atom. The van der Waals surface area contributed by atoms with Gasteiger partial charge >= 0.3 is 5.97 Å². The first-order valence-corrected chi connectivity index (χ1v) is 8.80. The van der Waals surface area contributed by atoms with Crippen molar-refractivity contribution in [2.75, 3.05) is 19.0 Å². The number of rotatable bonds is 7. The third kappa shape index (κ3) is 6.15.